The summed E-state index contributed by atoms with van der Waals surface area (Å²) < 4.78 is 5.08. The molecule has 0 saturated heterocycles. The molecule has 0 fully saturated rings. The number of rotatable bonds is 13. The minimum absolute atomic E-state index is 0. The second-order valence-electron chi connectivity index (χ2n) is 5.90. The number of hydrogen-bond donors (Lipinski definition) is 0. The van der Waals surface area contributed by atoms with Gasteiger partial charge in [0, 0.05) is 14.1 Å². The average Bonchev–Trinajstić information content (AvgIpc) is 2.43. The number of carbonyl (C=O) groups is 1. The maximum atomic E-state index is 11.1. The van der Waals surface area contributed by atoms with E-state index in [1.54, 1.807) is 14.1 Å². The standard InChI is InChI=1S/C17H35NO2.Na.H/c1-4-5-6-7-8-9-10-11-12-13-14-15-16-20-17(19)18(2)3;;/h4-16H2,1-3H3;;/q;+1;-1. The summed E-state index contributed by atoms with van der Waals surface area (Å²) in [6.07, 6.45) is 15.7. The van der Waals surface area contributed by atoms with Crippen LogP contribution < -0.4 is 29.6 Å². The van der Waals surface area contributed by atoms with E-state index in [9.17, 15) is 4.79 Å². The van der Waals surface area contributed by atoms with Gasteiger partial charge in [0.05, 0.1) is 6.61 Å². The topological polar surface area (TPSA) is 29.5 Å². The molecule has 3 nitrogen and oxygen atoms in total. The molecular formula is C17H36NNaO2. The third kappa shape index (κ3) is 18.2. The Balaban J connectivity index is -0.00000180. The quantitative estimate of drug-likeness (QED) is 0.386. The van der Waals surface area contributed by atoms with Gasteiger partial charge in [0.1, 0.15) is 0 Å². The second-order valence-corrected chi connectivity index (χ2v) is 5.90. The van der Waals surface area contributed by atoms with Gasteiger partial charge in [-0.1, -0.05) is 77.6 Å². The van der Waals surface area contributed by atoms with Crippen molar-refractivity contribution in [2.75, 3.05) is 20.7 Å². The summed E-state index contributed by atoms with van der Waals surface area (Å²) in [7, 11) is 3.43. The fraction of sp³-hybridized carbons (Fsp3) is 0.941. The molecule has 0 rings (SSSR count). The molecule has 0 heterocycles. The van der Waals surface area contributed by atoms with Gasteiger partial charge in [-0.25, -0.2) is 4.79 Å². The van der Waals surface area contributed by atoms with Crippen molar-refractivity contribution in [3.05, 3.63) is 0 Å². The molecule has 4 heteroatoms. The van der Waals surface area contributed by atoms with Gasteiger partial charge in [0.25, 0.3) is 0 Å². The van der Waals surface area contributed by atoms with Crippen LogP contribution in [-0.2, 0) is 4.74 Å². The Labute approximate surface area is 156 Å². The molecule has 1 amide bonds. The molecule has 0 saturated carbocycles. The van der Waals surface area contributed by atoms with Gasteiger partial charge in [-0.15, -0.1) is 0 Å². The van der Waals surface area contributed by atoms with Crippen molar-refractivity contribution in [1.29, 1.82) is 0 Å². The summed E-state index contributed by atoms with van der Waals surface area (Å²) in [5.74, 6) is 0. The Morgan fingerprint density at radius 2 is 1.19 bits per heavy atom. The van der Waals surface area contributed by atoms with E-state index >= 15 is 0 Å². The first-order valence-corrected chi connectivity index (χ1v) is 8.52. The molecule has 0 atom stereocenters. The third-order valence-corrected chi connectivity index (χ3v) is 3.59. The van der Waals surface area contributed by atoms with E-state index in [1.165, 1.54) is 75.5 Å². The Morgan fingerprint density at radius 3 is 1.57 bits per heavy atom. The minimum atomic E-state index is -0.229. The first kappa shape index (κ1) is 23.5. The molecule has 0 aromatic heterocycles. The van der Waals surface area contributed by atoms with E-state index < -0.39 is 0 Å². The fourth-order valence-electron chi connectivity index (χ4n) is 2.23. The largest absolute Gasteiger partial charge is 1.00 e. The van der Waals surface area contributed by atoms with Gasteiger partial charge in [-0.3, -0.25) is 0 Å². The van der Waals surface area contributed by atoms with Crippen molar-refractivity contribution >= 4 is 6.09 Å². The van der Waals surface area contributed by atoms with Crippen molar-refractivity contribution in [3.8, 4) is 0 Å². The van der Waals surface area contributed by atoms with Gasteiger partial charge in [-0.2, -0.15) is 0 Å². The normalized spacial score (nSPS) is 10.0. The Hall–Kier alpha value is 0.270. The Bertz CT molecular complexity index is 229. The van der Waals surface area contributed by atoms with E-state index in [4.69, 9.17) is 4.74 Å². The van der Waals surface area contributed by atoms with Crippen LogP contribution in [0, 0.1) is 0 Å². The number of hydrogen-bond acceptors (Lipinski definition) is 2. The van der Waals surface area contributed by atoms with E-state index in [0.717, 1.165) is 6.42 Å². The molecule has 0 radical (unpaired) electrons. The fourth-order valence-corrected chi connectivity index (χ4v) is 2.23. The van der Waals surface area contributed by atoms with E-state index in [1.807, 2.05) is 0 Å². The summed E-state index contributed by atoms with van der Waals surface area (Å²) in [6, 6.07) is 0. The Morgan fingerprint density at radius 1 is 0.810 bits per heavy atom. The van der Waals surface area contributed by atoms with Crippen LogP contribution in [0.15, 0.2) is 0 Å². The molecule has 0 unspecified atom stereocenters. The monoisotopic (exact) mass is 309 g/mol. The van der Waals surface area contributed by atoms with Crippen LogP contribution in [0.5, 0.6) is 0 Å². The molecule has 0 bridgehead atoms. The molecule has 0 N–H and O–H groups in total. The summed E-state index contributed by atoms with van der Waals surface area (Å²) in [4.78, 5) is 12.6. The average molecular weight is 309 g/mol. The summed E-state index contributed by atoms with van der Waals surface area (Å²) in [5.41, 5.74) is 0. The van der Waals surface area contributed by atoms with Crippen molar-refractivity contribution in [3.63, 3.8) is 0 Å². The van der Waals surface area contributed by atoms with Crippen LogP contribution in [0.1, 0.15) is 85.4 Å². The minimum Gasteiger partial charge on any atom is -1.00 e. The maximum absolute atomic E-state index is 11.1. The van der Waals surface area contributed by atoms with E-state index in [2.05, 4.69) is 6.92 Å². The van der Waals surface area contributed by atoms with Crippen molar-refractivity contribution < 1.29 is 40.5 Å². The summed E-state index contributed by atoms with van der Waals surface area (Å²) >= 11 is 0. The van der Waals surface area contributed by atoms with Crippen LogP contribution in [0.25, 0.3) is 0 Å². The molecule has 0 aromatic rings. The molecule has 0 aliphatic heterocycles. The number of amides is 1. The van der Waals surface area contributed by atoms with E-state index in [0.29, 0.717) is 6.61 Å². The third-order valence-electron chi connectivity index (χ3n) is 3.59. The first-order chi connectivity index (χ1) is 9.68. The molecule has 122 valence electrons. The van der Waals surface area contributed by atoms with E-state index in [-0.39, 0.29) is 37.1 Å². The molecule has 21 heavy (non-hydrogen) atoms. The van der Waals surface area contributed by atoms with Gasteiger partial charge in [0.15, 0.2) is 0 Å². The Kier molecular flexibility index (Phi) is 20.5. The maximum Gasteiger partial charge on any atom is 1.00 e. The van der Waals surface area contributed by atoms with Crippen molar-refractivity contribution in [1.82, 2.24) is 4.90 Å². The zero-order valence-corrected chi connectivity index (χ0v) is 17.0. The zero-order valence-electron chi connectivity index (χ0n) is 16.0. The number of unbranched alkanes of at least 4 members (excludes halogenated alkanes) is 11. The predicted molar refractivity (Wildman–Crippen MR) is 87.2 cm³/mol. The van der Waals surface area contributed by atoms with Gasteiger partial charge in [-0.05, 0) is 6.42 Å². The second kappa shape index (κ2) is 18.3. The van der Waals surface area contributed by atoms with Crippen molar-refractivity contribution in [2.45, 2.75) is 84.0 Å². The SMILES string of the molecule is CCCCCCCCCCCCCCOC(=O)N(C)C.[H-].[Na+]. The molecule has 0 aliphatic rings. The molecule has 0 aromatic carbocycles. The predicted octanol–water partition coefficient (Wildman–Crippen LogP) is 2.50. The molecule has 0 spiro atoms. The molecular weight excluding hydrogens is 273 g/mol. The van der Waals surface area contributed by atoms with Gasteiger partial charge >= 0.3 is 35.7 Å². The summed E-state index contributed by atoms with van der Waals surface area (Å²) in [6.45, 7) is 2.83. The summed E-state index contributed by atoms with van der Waals surface area (Å²) in [5, 5.41) is 0. The first-order valence-electron chi connectivity index (χ1n) is 8.52. The van der Waals surface area contributed by atoms with Crippen LogP contribution in [0.3, 0.4) is 0 Å². The molecule has 0 aliphatic carbocycles. The number of carbonyl (C=O) groups excluding carboxylic acids is 1. The van der Waals surface area contributed by atoms with Gasteiger partial charge < -0.3 is 11.1 Å². The van der Waals surface area contributed by atoms with Crippen LogP contribution in [0.4, 0.5) is 4.79 Å². The van der Waals surface area contributed by atoms with Crippen LogP contribution >= 0.6 is 0 Å². The van der Waals surface area contributed by atoms with Gasteiger partial charge in [0.2, 0.25) is 0 Å². The van der Waals surface area contributed by atoms with Crippen LogP contribution in [0.2, 0.25) is 0 Å². The number of ether oxygens (including phenoxy) is 1. The van der Waals surface area contributed by atoms with Crippen molar-refractivity contribution in [2.24, 2.45) is 0 Å². The smallest absolute Gasteiger partial charge is 1.00 e. The zero-order chi connectivity index (χ0) is 15.1. The number of nitrogens with zero attached hydrogens (tertiary/aromatic N) is 1. The van der Waals surface area contributed by atoms with Crippen LogP contribution in [-0.4, -0.2) is 31.7 Å².